The maximum Gasteiger partial charge on any atom is 0.348 e. The number of hydrogen-bond donors (Lipinski definition) is 2. The van der Waals surface area contributed by atoms with Crippen LogP contribution in [0.3, 0.4) is 0 Å². The molecule has 78 valence electrons. The summed E-state index contributed by atoms with van der Waals surface area (Å²) in [5.41, 5.74) is 1.68. The Morgan fingerprint density at radius 3 is 2.81 bits per heavy atom. The molecular weight excluding hydrogens is 204 g/mol. The van der Waals surface area contributed by atoms with Crippen molar-refractivity contribution in [2.75, 3.05) is 0 Å². The standard InChI is InChI=1S/C12H8N2O2/c13-7-10(12(15)16)11-9-4-2-1-3-8(9)5-6-14-11/h1-6,14H,(H,15,16). The first-order valence-corrected chi connectivity index (χ1v) is 4.64. The number of rotatable bonds is 1. The largest absolute Gasteiger partial charge is 0.477 e. The van der Waals surface area contributed by atoms with E-state index < -0.39 is 5.97 Å². The molecule has 2 rings (SSSR count). The van der Waals surface area contributed by atoms with Crippen molar-refractivity contribution in [3.05, 3.63) is 47.2 Å². The lowest BCUT2D eigenvalue weighted by Gasteiger charge is -2.16. The Balaban J connectivity index is 2.67. The van der Waals surface area contributed by atoms with Crippen LogP contribution in [0.1, 0.15) is 11.1 Å². The summed E-state index contributed by atoms with van der Waals surface area (Å²) in [6.07, 6.45) is 3.45. The predicted octanol–water partition coefficient (Wildman–Crippen LogP) is 1.58. The SMILES string of the molecule is N#CC(C(=O)O)=C1NC=Cc2ccccc21. The Bertz CT molecular complexity index is 550. The molecule has 1 aromatic rings. The molecule has 1 aliphatic rings. The van der Waals surface area contributed by atoms with Crippen molar-refractivity contribution in [1.82, 2.24) is 5.32 Å². The summed E-state index contributed by atoms with van der Waals surface area (Å²) in [6.45, 7) is 0. The van der Waals surface area contributed by atoms with E-state index in [-0.39, 0.29) is 5.57 Å². The van der Waals surface area contributed by atoms with Crippen molar-refractivity contribution >= 4 is 17.7 Å². The third kappa shape index (κ3) is 1.55. The van der Waals surface area contributed by atoms with Crippen LogP contribution in [-0.4, -0.2) is 11.1 Å². The second-order valence-corrected chi connectivity index (χ2v) is 3.23. The fourth-order valence-electron chi connectivity index (χ4n) is 1.58. The summed E-state index contributed by atoms with van der Waals surface area (Å²) in [6, 6.07) is 9.00. The third-order valence-electron chi connectivity index (χ3n) is 2.30. The van der Waals surface area contributed by atoms with Gasteiger partial charge in [-0.25, -0.2) is 4.79 Å². The first kappa shape index (κ1) is 9.99. The van der Waals surface area contributed by atoms with Crippen LogP contribution in [0.25, 0.3) is 11.8 Å². The molecule has 0 saturated carbocycles. The zero-order valence-corrected chi connectivity index (χ0v) is 8.27. The Hall–Kier alpha value is -2.54. The number of benzene rings is 1. The summed E-state index contributed by atoms with van der Waals surface area (Å²) >= 11 is 0. The van der Waals surface area contributed by atoms with Gasteiger partial charge in [0.15, 0.2) is 5.57 Å². The molecular formula is C12H8N2O2. The van der Waals surface area contributed by atoms with Gasteiger partial charge in [-0.1, -0.05) is 24.3 Å². The number of nitrogens with one attached hydrogen (secondary N) is 1. The summed E-state index contributed by atoms with van der Waals surface area (Å²) < 4.78 is 0. The van der Waals surface area contributed by atoms with Crippen molar-refractivity contribution in [3.63, 3.8) is 0 Å². The fourth-order valence-corrected chi connectivity index (χ4v) is 1.58. The summed E-state index contributed by atoms with van der Waals surface area (Å²) in [4.78, 5) is 10.9. The van der Waals surface area contributed by atoms with E-state index in [9.17, 15) is 4.79 Å². The number of carboxylic acid groups (broad SMARTS) is 1. The highest BCUT2D eigenvalue weighted by molar-refractivity contribution is 6.01. The maximum atomic E-state index is 10.9. The molecule has 0 amide bonds. The Labute approximate surface area is 92.1 Å². The molecule has 16 heavy (non-hydrogen) atoms. The van der Waals surface area contributed by atoms with Crippen molar-refractivity contribution in [1.29, 1.82) is 5.26 Å². The van der Waals surface area contributed by atoms with E-state index in [0.717, 1.165) is 11.1 Å². The Morgan fingerprint density at radius 2 is 2.12 bits per heavy atom. The summed E-state index contributed by atoms with van der Waals surface area (Å²) in [5, 5.41) is 20.5. The Kier molecular flexibility index (Phi) is 2.44. The van der Waals surface area contributed by atoms with Crippen molar-refractivity contribution < 1.29 is 9.90 Å². The molecule has 0 radical (unpaired) electrons. The second-order valence-electron chi connectivity index (χ2n) is 3.23. The monoisotopic (exact) mass is 212 g/mol. The van der Waals surface area contributed by atoms with Crippen LogP contribution >= 0.6 is 0 Å². The average molecular weight is 212 g/mol. The maximum absolute atomic E-state index is 10.9. The number of carboxylic acids is 1. The third-order valence-corrected chi connectivity index (χ3v) is 2.30. The molecule has 1 heterocycles. The lowest BCUT2D eigenvalue weighted by molar-refractivity contribution is -0.132. The average Bonchev–Trinajstić information content (AvgIpc) is 2.30. The van der Waals surface area contributed by atoms with Crippen LogP contribution in [0, 0.1) is 11.3 Å². The molecule has 2 N–H and O–H groups in total. The lowest BCUT2D eigenvalue weighted by atomic mass is 9.99. The molecule has 0 unspecified atom stereocenters. The molecule has 4 heteroatoms. The van der Waals surface area contributed by atoms with E-state index in [4.69, 9.17) is 10.4 Å². The zero-order chi connectivity index (χ0) is 11.5. The van der Waals surface area contributed by atoms with Crippen molar-refractivity contribution in [2.45, 2.75) is 0 Å². The van der Waals surface area contributed by atoms with E-state index in [1.165, 1.54) is 0 Å². The van der Waals surface area contributed by atoms with E-state index in [0.29, 0.717) is 5.70 Å². The van der Waals surface area contributed by atoms with Crippen LogP contribution in [0.5, 0.6) is 0 Å². The summed E-state index contributed by atoms with van der Waals surface area (Å²) in [7, 11) is 0. The topological polar surface area (TPSA) is 73.1 Å². The first-order chi connectivity index (χ1) is 7.74. The van der Waals surface area contributed by atoms with Gasteiger partial charge in [-0.3, -0.25) is 0 Å². The van der Waals surface area contributed by atoms with Gasteiger partial charge >= 0.3 is 5.97 Å². The molecule has 0 saturated heterocycles. The van der Waals surface area contributed by atoms with Gasteiger partial charge in [0.25, 0.3) is 0 Å². The predicted molar refractivity (Wildman–Crippen MR) is 58.8 cm³/mol. The zero-order valence-electron chi connectivity index (χ0n) is 8.27. The highest BCUT2D eigenvalue weighted by atomic mass is 16.4. The highest BCUT2D eigenvalue weighted by Gasteiger charge is 2.18. The number of nitrogens with zero attached hydrogens (tertiary/aromatic N) is 1. The fraction of sp³-hybridized carbons (Fsp3) is 0. The molecule has 0 fully saturated rings. The lowest BCUT2D eigenvalue weighted by Crippen LogP contribution is -2.15. The van der Waals surface area contributed by atoms with Gasteiger partial charge in [0, 0.05) is 11.8 Å². The minimum Gasteiger partial charge on any atom is -0.477 e. The summed E-state index contributed by atoms with van der Waals surface area (Å²) in [5.74, 6) is -1.23. The molecule has 0 spiro atoms. The van der Waals surface area contributed by atoms with Gasteiger partial charge in [-0.05, 0) is 11.6 Å². The Morgan fingerprint density at radius 1 is 1.38 bits per heavy atom. The van der Waals surface area contributed by atoms with Gasteiger partial charge in [0.2, 0.25) is 0 Å². The number of hydrogen-bond acceptors (Lipinski definition) is 3. The van der Waals surface area contributed by atoms with Crippen molar-refractivity contribution in [3.8, 4) is 6.07 Å². The smallest absolute Gasteiger partial charge is 0.348 e. The molecule has 0 bridgehead atoms. The van der Waals surface area contributed by atoms with Crippen molar-refractivity contribution in [2.24, 2.45) is 0 Å². The van der Waals surface area contributed by atoms with Crippen LogP contribution < -0.4 is 5.32 Å². The molecule has 0 aromatic heterocycles. The minimum atomic E-state index is -1.23. The van der Waals surface area contributed by atoms with Crippen LogP contribution in [0.4, 0.5) is 0 Å². The van der Waals surface area contributed by atoms with E-state index in [1.54, 1.807) is 24.4 Å². The quantitative estimate of drug-likeness (QED) is 0.547. The van der Waals surface area contributed by atoms with Gasteiger partial charge in [-0.15, -0.1) is 0 Å². The van der Waals surface area contributed by atoms with E-state index in [1.807, 2.05) is 18.2 Å². The minimum absolute atomic E-state index is 0.281. The molecule has 4 nitrogen and oxygen atoms in total. The van der Waals surface area contributed by atoms with Gasteiger partial charge in [0.1, 0.15) is 6.07 Å². The highest BCUT2D eigenvalue weighted by Crippen LogP contribution is 2.24. The van der Waals surface area contributed by atoms with Gasteiger partial charge in [0.05, 0.1) is 5.70 Å². The van der Waals surface area contributed by atoms with Gasteiger partial charge in [-0.2, -0.15) is 5.26 Å². The number of fused-ring (bicyclic) bond motifs is 1. The molecule has 1 aliphatic heterocycles. The van der Waals surface area contributed by atoms with Gasteiger partial charge < -0.3 is 10.4 Å². The van der Waals surface area contributed by atoms with Crippen LogP contribution in [-0.2, 0) is 4.79 Å². The normalized spacial score (nSPS) is 15.7. The number of aliphatic carboxylic acids is 1. The second kappa shape index (κ2) is 3.91. The van der Waals surface area contributed by atoms with Crippen LogP contribution in [0.15, 0.2) is 36.0 Å². The number of nitriles is 1. The molecule has 0 atom stereocenters. The van der Waals surface area contributed by atoms with E-state index >= 15 is 0 Å². The first-order valence-electron chi connectivity index (χ1n) is 4.64. The van der Waals surface area contributed by atoms with E-state index in [2.05, 4.69) is 5.32 Å². The number of carbonyl (C=O) groups is 1. The molecule has 1 aromatic carbocycles. The van der Waals surface area contributed by atoms with Crippen LogP contribution in [0.2, 0.25) is 0 Å². The molecule has 0 aliphatic carbocycles.